The topological polar surface area (TPSA) is 36.4 Å². The van der Waals surface area contributed by atoms with Crippen molar-refractivity contribution in [3.05, 3.63) is 48.3 Å². The van der Waals surface area contributed by atoms with Gasteiger partial charge in [0.25, 0.3) is 0 Å². The number of carbonyl (C=O) groups is 1. The molecule has 0 atom stereocenters. The number of nitrogens with zero attached hydrogens (tertiary/aromatic N) is 3. The Hall–Kier alpha value is -1.32. The maximum absolute atomic E-state index is 13.1. The molecule has 0 unspecified atom stereocenters. The molecule has 168 valence electrons. The first-order chi connectivity index (χ1) is 14.5. The lowest BCUT2D eigenvalue weighted by atomic mass is 10.3. The summed E-state index contributed by atoms with van der Waals surface area (Å²) in [5.41, 5.74) is 0.916. The maximum Gasteiger partial charge on any atom is 0.239 e. The van der Waals surface area contributed by atoms with E-state index in [1.165, 1.54) is 28.8 Å². The van der Waals surface area contributed by atoms with Gasteiger partial charge in [0.05, 0.1) is 16.0 Å². The summed E-state index contributed by atoms with van der Waals surface area (Å²) >= 11 is 4.67. The molecule has 1 aromatic heterocycles. The van der Waals surface area contributed by atoms with Crippen LogP contribution in [0.15, 0.2) is 52.3 Å². The summed E-state index contributed by atoms with van der Waals surface area (Å²) in [5, 5.41) is 0.736. The van der Waals surface area contributed by atoms with E-state index in [0.29, 0.717) is 6.54 Å². The second kappa shape index (κ2) is 12.6. The summed E-state index contributed by atoms with van der Waals surface area (Å²) in [5.74, 6) is 0.0295. The zero-order chi connectivity index (χ0) is 21.5. The molecule has 9 heteroatoms. The standard InChI is InChI=1S/C22H26FN3OS3.ClH/c1-4-25(5-2)12-13-26(21(27)15-29-17-8-6-16(23)7-9-17)22-24-19-11-10-18(28-3)14-20(19)30-22;/h6-11,14H,4-5,12-13,15H2,1-3H3;1H. The second-order valence-electron chi connectivity index (χ2n) is 6.64. The quantitative estimate of drug-likeness (QED) is 0.317. The fourth-order valence-electron chi connectivity index (χ4n) is 3.00. The molecule has 0 bridgehead atoms. The molecule has 3 aromatic rings. The van der Waals surface area contributed by atoms with Crippen molar-refractivity contribution in [3.63, 3.8) is 0 Å². The molecule has 31 heavy (non-hydrogen) atoms. The molecule has 1 amide bonds. The molecular weight excluding hydrogens is 473 g/mol. The lowest BCUT2D eigenvalue weighted by molar-refractivity contribution is -0.116. The van der Waals surface area contributed by atoms with Crippen molar-refractivity contribution in [2.75, 3.05) is 43.1 Å². The molecule has 0 N–H and O–H groups in total. The number of hydrogen-bond acceptors (Lipinski definition) is 6. The van der Waals surface area contributed by atoms with Crippen LogP contribution in [-0.2, 0) is 4.79 Å². The Balaban J connectivity index is 0.00000341. The maximum atomic E-state index is 13.1. The number of carbonyl (C=O) groups excluding carboxylic acids is 1. The number of thioether (sulfide) groups is 2. The smallest absolute Gasteiger partial charge is 0.239 e. The summed E-state index contributed by atoms with van der Waals surface area (Å²) in [6.07, 6.45) is 2.05. The summed E-state index contributed by atoms with van der Waals surface area (Å²) in [6, 6.07) is 12.4. The average molecular weight is 500 g/mol. The first-order valence-corrected chi connectivity index (χ1v) is 12.9. The van der Waals surface area contributed by atoms with Crippen molar-refractivity contribution in [2.24, 2.45) is 0 Å². The van der Waals surface area contributed by atoms with Crippen LogP contribution in [0.5, 0.6) is 0 Å². The van der Waals surface area contributed by atoms with Crippen molar-refractivity contribution >= 4 is 68.5 Å². The van der Waals surface area contributed by atoms with Crippen LogP contribution in [0.4, 0.5) is 9.52 Å². The third-order valence-electron chi connectivity index (χ3n) is 4.83. The molecule has 0 saturated heterocycles. The van der Waals surface area contributed by atoms with Crippen LogP contribution in [0.25, 0.3) is 10.2 Å². The number of hydrogen-bond donors (Lipinski definition) is 0. The Bertz CT molecular complexity index is 980. The fourth-order valence-corrected chi connectivity index (χ4v) is 5.33. The van der Waals surface area contributed by atoms with Crippen LogP contribution in [0.3, 0.4) is 0 Å². The van der Waals surface area contributed by atoms with Gasteiger partial charge in [-0.25, -0.2) is 9.37 Å². The van der Waals surface area contributed by atoms with Gasteiger partial charge in [-0.15, -0.1) is 35.9 Å². The molecule has 0 radical (unpaired) electrons. The number of amides is 1. The number of likely N-dealkylation sites (N-methyl/N-ethyl adjacent to an activating group) is 1. The van der Waals surface area contributed by atoms with E-state index >= 15 is 0 Å². The van der Waals surface area contributed by atoms with E-state index in [-0.39, 0.29) is 29.9 Å². The third-order valence-corrected chi connectivity index (χ3v) is 7.59. The largest absolute Gasteiger partial charge is 0.302 e. The van der Waals surface area contributed by atoms with Gasteiger partial charge in [0.1, 0.15) is 5.82 Å². The Morgan fingerprint density at radius 3 is 2.39 bits per heavy atom. The highest BCUT2D eigenvalue weighted by atomic mass is 35.5. The van der Waals surface area contributed by atoms with E-state index in [1.807, 2.05) is 6.07 Å². The molecular formula is C22H27ClFN3OS3. The Kier molecular flexibility index (Phi) is 10.6. The Labute approximate surface area is 202 Å². The molecule has 0 fully saturated rings. The SMILES string of the molecule is CCN(CC)CCN(C(=O)CSc1ccc(F)cc1)c1nc2ccc(SC)cc2s1.Cl. The molecule has 0 saturated carbocycles. The van der Waals surface area contributed by atoms with Crippen LogP contribution < -0.4 is 4.90 Å². The summed E-state index contributed by atoms with van der Waals surface area (Å²) < 4.78 is 14.2. The number of rotatable bonds is 10. The minimum Gasteiger partial charge on any atom is -0.302 e. The number of benzene rings is 2. The van der Waals surface area contributed by atoms with Crippen LogP contribution in [0.2, 0.25) is 0 Å². The van der Waals surface area contributed by atoms with Gasteiger partial charge in [-0.3, -0.25) is 9.69 Å². The monoisotopic (exact) mass is 499 g/mol. The highest BCUT2D eigenvalue weighted by Crippen LogP contribution is 2.32. The predicted molar refractivity (Wildman–Crippen MR) is 136 cm³/mol. The molecule has 0 aliphatic rings. The Morgan fingerprint density at radius 2 is 1.74 bits per heavy atom. The first-order valence-electron chi connectivity index (χ1n) is 9.89. The fraction of sp³-hybridized carbons (Fsp3) is 0.364. The minimum absolute atomic E-state index is 0. The average Bonchev–Trinajstić information content (AvgIpc) is 3.19. The molecule has 3 rings (SSSR count). The first kappa shape index (κ1) is 25.9. The molecule has 0 spiro atoms. The number of thiazole rings is 1. The molecule has 1 heterocycles. The predicted octanol–water partition coefficient (Wildman–Crippen LogP) is 6.05. The van der Waals surface area contributed by atoms with Gasteiger partial charge in [-0.2, -0.15) is 0 Å². The van der Waals surface area contributed by atoms with E-state index in [0.717, 1.165) is 39.9 Å². The van der Waals surface area contributed by atoms with E-state index < -0.39 is 0 Å². The zero-order valence-corrected chi connectivity index (χ0v) is 21.1. The van der Waals surface area contributed by atoms with Crippen molar-refractivity contribution in [3.8, 4) is 0 Å². The highest BCUT2D eigenvalue weighted by Gasteiger charge is 2.21. The van der Waals surface area contributed by atoms with Crippen LogP contribution in [0, 0.1) is 5.82 Å². The van der Waals surface area contributed by atoms with Gasteiger partial charge in [0.15, 0.2) is 5.13 Å². The number of halogens is 2. The highest BCUT2D eigenvalue weighted by molar-refractivity contribution is 8.00. The van der Waals surface area contributed by atoms with E-state index in [4.69, 9.17) is 4.98 Å². The van der Waals surface area contributed by atoms with Crippen LogP contribution >= 0.6 is 47.3 Å². The van der Waals surface area contributed by atoms with Crippen molar-refractivity contribution in [2.45, 2.75) is 23.6 Å². The molecule has 0 aliphatic heterocycles. The van der Waals surface area contributed by atoms with Crippen LogP contribution in [0.1, 0.15) is 13.8 Å². The van der Waals surface area contributed by atoms with Crippen molar-refractivity contribution in [1.29, 1.82) is 0 Å². The van der Waals surface area contributed by atoms with Gasteiger partial charge >= 0.3 is 0 Å². The van der Waals surface area contributed by atoms with Gasteiger partial charge < -0.3 is 4.90 Å². The van der Waals surface area contributed by atoms with Gasteiger partial charge in [-0.1, -0.05) is 25.2 Å². The van der Waals surface area contributed by atoms with Crippen LogP contribution in [-0.4, -0.2) is 54.0 Å². The molecule has 2 aromatic carbocycles. The van der Waals surface area contributed by atoms with E-state index in [2.05, 4.69) is 37.1 Å². The summed E-state index contributed by atoms with van der Waals surface area (Å²) in [6.45, 7) is 7.54. The van der Waals surface area contributed by atoms with E-state index in [1.54, 1.807) is 40.1 Å². The van der Waals surface area contributed by atoms with Gasteiger partial charge in [0, 0.05) is 22.9 Å². The van der Waals surface area contributed by atoms with Crippen molar-refractivity contribution in [1.82, 2.24) is 9.88 Å². The molecule has 4 nitrogen and oxygen atoms in total. The molecule has 0 aliphatic carbocycles. The summed E-state index contributed by atoms with van der Waals surface area (Å²) in [7, 11) is 0. The lowest BCUT2D eigenvalue weighted by Gasteiger charge is -2.24. The third kappa shape index (κ3) is 7.08. The van der Waals surface area contributed by atoms with E-state index in [9.17, 15) is 9.18 Å². The second-order valence-corrected chi connectivity index (χ2v) is 9.58. The minimum atomic E-state index is -0.273. The van der Waals surface area contributed by atoms with Gasteiger partial charge in [0.2, 0.25) is 5.91 Å². The number of aromatic nitrogens is 1. The number of fused-ring (bicyclic) bond motifs is 1. The summed E-state index contributed by atoms with van der Waals surface area (Å²) in [4.78, 5) is 24.1. The number of anilines is 1. The lowest BCUT2D eigenvalue weighted by Crippen LogP contribution is -2.39. The normalized spacial score (nSPS) is 11.0. The Morgan fingerprint density at radius 1 is 1.06 bits per heavy atom. The van der Waals surface area contributed by atoms with Gasteiger partial charge in [-0.05, 0) is 61.8 Å². The zero-order valence-electron chi connectivity index (χ0n) is 17.8. The van der Waals surface area contributed by atoms with Crippen molar-refractivity contribution < 1.29 is 9.18 Å².